The first-order valence-corrected chi connectivity index (χ1v) is 6.71. The zero-order valence-electron chi connectivity index (χ0n) is 11.8. The van der Waals surface area contributed by atoms with Crippen molar-refractivity contribution in [1.29, 1.82) is 0 Å². The Morgan fingerprint density at radius 1 is 1.30 bits per heavy atom. The molecular formula is C16H19FN2O. The molecule has 0 bridgehead atoms. The number of aromatic nitrogens is 1. The standard InChI is InChI=1S/C16H19FN2O/c1-3-6-20-13-8-12(9-19-10-13)16(18)14-5-4-11(2)7-15(14)17/h4-5,7-10,16H,3,6,18H2,1-2H3. The van der Waals surface area contributed by atoms with Gasteiger partial charge < -0.3 is 10.5 Å². The fourth-order valence-corrected chi connectivity index (χ4v) is 1.97. The molecule has 2 aromatic rings. The van der Waals surface area contributed by atoms with Crippen molar-refractivity contribution in [1.82, 2.24) is 4.98 Å². The largest absolute Gasteiger partial charge is 0.492 e. The molecule has 0 radical (unpaired) electrons. The van der Waals surface area contributed by atoms with Crippen molar-refractivity contribution in [3.63, 3.8) is 0 Å². The topological polar surface area (TPSA) is 48.1 Å². The van der Waals surface area contributed by atoms with Gasteiger partial charge in [0.05, 0.1) is 18.8 Å². The summed E-state index contributed by atoms with van der Waals surface area (Å²) in [6.45, 7) is 4.50. The summed E-state index contributed by atoms with van der Waals surface area (Å²) in [6, 6.07) is 6.32. The highest BCUT2D eigenvalue weighted by Crippen LogP contribution is 2.24. The fraction of sp³-hybridized carbons (Fsp3) is 0.312. The van der Waals surface area contributed by atoms with Crippen molar-refractivity contribution in [2.45, 2.75) is 26.3 Å². The molecule has 0 amide bonds. The van der Waals surface area contributed by atoms with Gasteiger partial charge >= 0.3 is 0 Å². The number of rotatable bonds is 5. The predicted octanol–water partition coefficient (Wildman–Crippen LogP) is 3.37. The Morgan fingerprint density at radius 3 is 2.80 bits per heavy atom. The van der Waals surface area contributed by atoms with Gasteiger partial charge in [0.25, 0.3) is 0 Å². The summed E-state index contributed by atoms with van der Waals surface area (Å²) in [5.74, 6) is 0.365. The maximum Gasteiger partial charge on any atom is 0.137 e. The number of benzene rings is 1. The lowest BCUT2D eigenvalue weighted by molar-refractivity contribution is 0.315. The van der Waals surface area contributed by atoms with E-state index in [-0.39, 0.29) is 5.82 Å². The summed E-state index contributed by atoms with van der Waals surface area (Å²) in [7, 11) is 0. The van der Waals surface area contributed by atoms with Crippen LogP contribution in [0.4, 0.5) is 4.39 Å². The second kappa shape index (κ2) is 6.48. The molecule has 106 valence electrons. The zero-order valence-corrected chi connectivity index (χ0v) is 11.8. The molecule has 1 atom stereocenters. The molecule has 2 rings (SSSR count). The minimum absolute atomic E-state index is 0.294. The van der Waals surface area contributed by atoms with Crippen molar-refractivity contribution < 1.29 is 9.13 Å². The summed E-state index contributed by atoms with van der Waals surface area (Å²) >= 11 is 0. The van der Waals surface area contributed by atoms with E-state index < -0.39 is 6.04 Å². The monoisotopic (exact) mass is 274 g/mol. The molecule has 0 fully saturated rings. The number of nitrogens with zero attached hydrogens (tertiary/aromatic N) is 1. The first kappa shape index (κ1) is 14.5. The van der Waals surface area contributed by atoms with Gasteiger partial charge in [0.15, 0.2) is 0 Å². The maximum absolute atomic E-state index is 14.0. The fourth-order valence-electron chi connectivity index (χ4n) is 1.97. The Bertz CT molecular complexity index is 586. The quantitative estimate of drug-likeness (QED) is 0.909. The van der Waals surface area contributed by atoms with Crippen LogP contribution < -0.4 is 10.5 Å². The van der Waals surface area contributed by atoms with E-state index in [2.05, 4.69) is 4.98 Å². The third kappa shape index (κ3) is 3.33. The lowest BCUT2D eigenvalue weighted by Gasteiger charge is -2.14. The molecule has 0 saturated carbocycles. The van der Waals surface area contributed by atoms with Gasteiger partial charge in [-0.2, -0.15) is 0 Å². The summed E-state index contributed by atoms with van der Waals surface area (Å²) in [5.41, 5.74) is 8.20. The Labute approximate surface area is 118 Å². The molecule has 3 nitrogen and oxygen atoms in total. The van der Waals surface area contributed by atoms with Crippen molar-refractivity contribution in [2.24, 2.45) is 5.73 Å². The number of pyridine rings is 1. The summed E-state index contributed by atoms with van der Waals surface area (Å²) in [4.78, 5) is 4.10. The average Bonchev–Trinajstić information content (AvgIpc) is 2.45. The van der Waals surface area contributed by atoms with E-state index in [1.165, 1.54) is 6.07 Å². The van der Waals surface area contributed by atoms with Crippen LogP contribution in [0, 0.1) is 12.7 Å². The van der Waals surface area contributed by atoms with E-state index in [0.717, 1.165) is 17.5 Å². The first-order chi connectivity index (χ1) is 9.61. The Kier molecular flexibility index (Phi) is 4.69. The van der Waals surface area contributed by atoms with Gasteiger partial charge in [-0.1, -0.05) is 19.1 Å². The molecular weight excluding hydrogens is 255 g/mol. The van der Waals surface area contributed by atoms with Crippen LogP contribution in [0.5, 0.6) is 5.75 Å². The van der Waals surface area contributed by atoms with E-state index in [4.69, 9.17) is 10.5 Å². The Morgan fingerprint density at radius 2 is 2.10 bits per heavy atom. The highest BCUT2D eigenvalue weighted by molar-refractivity contribution is 5.35. The predicted molar refractivity (Wildman–Crippen MR) is 77.2 cm³/mol. The highest BCUT2D eigenvalue weighted by atomic mass is 19.1. The number of hydrogen-bond acceptors (Lipinski definition) is 3. The normalized spacial score (nSPS) is 12.2. The van der Waals surface area contributed by atoms with Crippen LogP contribution in [0.2, 0.25) is 0 Å². The van der Waals surface area contributed by atoms with Gasteiger partial charge in [-0.15, -0.1) is 0 Å². The van der Waals surface area contributed by atoms with Gasteiger partial charge in [-0.3, -0.25) is 4.98 Å². The van der Waals surface area contributed by atoms with Gasteiger partial charge in [-0.05, 0) is 36.6 Å². The lowest BCUT2D eigenvalue weighted by Crippen LogP contribution is -2.14. The number of hydrogen-bond donors (Lipinski definition) is 1. The number of aryl methyl sites for hydroxylation is 1. The third-order valence-corrected chi connectivity index (χ3v) is 3.06. The van der Waals surface area contributed by atoms with E-state index >= 15 is 0 Å². The number of nitrogens with two attached hydrogens (primary N) is 1. The second-order valence-corrected chi connectivity index (χ2v) is 4.81. The maximum atomic E-state index is 14.0. The molecule has 4 heteroatoms. The van der Waals surface area contributed by atoms with Gasteiger partial charge in [0.1, 0.15) is 11.6 Å². The molecule has 0 aliphatic carbocycles. The van der Waals surface area contributed by atoms with Crippen LogP contribution in [-0.4, -0.2) is 11.6 Å². The summed E-state index contributed by atoms with van der Waals surface area (Å²) < 4.78 is 19.5. The molecule has 0 aliphatic rings. The molecule has 1 heterocycles. The van der Waals surface area contributed by atoms with Crippen molar-refractivity contribution in [3.8, 4) is 5.75 Å². The molecule has 1 unspecified atom stereocenters. The van der Waals surface area contributed by atoms with Gasteiger partial charge in [0.2, 0.25) is 0 Å². The van der Waals surface area contributed by atoms with Crippen LogP contribution >= 0.6 is 0 Å². The van der Waals surface area contributed by atoms with Crippen LogP contribution in [-0.2, 0) is 0 Å². The highest BCUT2D eigenvalue weighted by Gasteiger charge is 2.14. The Hall–Kier alpha value is -1.94. The Balaban J connectivity index is 2.26. The molecule has 20 heavy (non-hydrogen) atoms. The molecule has 2 N–H and O–H groups in total. The minimum Gasteiger partial charge on any atom is -0.492 e. The van der Waals surface area contributed by atoms with Crippen LogP contribution in [0.15, 0.2) is 36.7 Å². The summed E-state index contributed by atoms with van der Waals surface area (Å²) in [6.07, 6.45) is 4.20. The van der Waals surface area contributed by atoms with E-state index in [9.17, 15) is 4.39 Å². The zero-order chi connectivity index (χ0) is 14.5. The van der Waals surface area contributed by atoms with Crippen molar-refractivity contribution in [2.75, 3.05) is 6.61 Å². The molecule has 1 aromatic carbocycles. The van der Waals surface area contributed by atoms with Crippen LogP contribution in [0.3, 0.4) is 0 Å². The number of ether oxygens (including phenoxy) is 1. The minimum atomic E-state index is -0.548. The molecule has 1 aromatic heterocycles. The lowest BCUT2D eigenvalue weighted by atomic mass is 9.99. The molecule has 0 saturated heterocycles. The summed E-state index contributed by atoms with van der Waals surface area (Å²) in [5, 5.41) is 0. The molecule has 0 aliphatic heterocycles. The third-order valence-electron chi connectivity index (χ3n) is 3.06. The smallest absolute Gasteiger partial charge is 0.137 e. The van der Waals surface area contributed by atoms with Crippen LogP contribution in [0.1, 0.15) is 36.1 Å². The number of halogens is 1. The van der Waals surface area contributed by atoms with E-state index in [1.54, 1.807) is 18.5 Å². The van der Waals surface area contributed by atoms with Crippen molar-refractivity contribution in [3.05, 3.63) is 59.2 Å². The molecule has 0 spiro atoms. The SMILES string of the molecule is CCCOc1cncc(C(N)c2ccc(C)cc2F)c1. The van der Waals surface area contributed by atoms with Crippen LogP contribution in [0.25, 0.3) is 0 Å². The van der Waals surface area contributed by atoms with Gasteiger partial charge in [0, 0.05) is 11.8 Å². The van der Waals surface area contributed by atoms with Crippen molar-refractivity contribution >= 4 is 0 Å². The van der Waals surface area contributed by atoms with E-state index in [1.807, 2.05) is 26.0 Å². The first-order valence-electron chi connectivity index (χ1n) is 6.71. The second-order valence-electron chi connectivity index (χ2n) is 4.81. The van der Waals surface area contributed by atoms with E-state index in [0.29, 0.717) is 17.9 Å². The average molecular weight is 274 g/mol. The van der Waals surface area contributed by atoms with Gasteiger partial charge in [-0.25, -0.2) is 4.39 Å².